The van der Waals surface area contributed by atoms with Crippen molar-refractivity contribution in [3.8, 4) is 11.5 Å². The van der Waals surface area contributed by atoms with Gasteiger partial charge in [-0.2, -0.15) is 5.10 Å². The Kier molecular flexibility index (Phi) is 5.78. The van der Waals surface area contributed by atoms with Crippen molar-refractivity contribution in [1.82, 2.24) is 5.43 Å². The average Bonchev–Trinajstić information content (AvgIpc) is 2.58. The fraction of sp³-hybridized carbons (Fsp3) is 0.222. The Bertz CT molecular complexity index is 727. The average molecular weight is 327 g/mol. The van der Waals surface area contributed by atoms with Crippen LogP contribution in [0.3, 0.4) is 0 Å². The molecule has 126 valence electrons. The van der Waals surface area contributed by atoms with E-state index < -0.39 is 6.04 Å². The van der Waals surface area contributed by atoms with Gasteiger partial charge in [-0.1, -0.05) is 17.7 Å². The largest absolute Gasteiger partial charge is 0.507 e. The number of hydrogen-bond donors (Lipinski definition) is 3. The molecule has 0 aliphatic rings. The van der Waals surface area contributed by atoms with Crippen LogP contribution in [0.2, 0.25) is 0 Å². The molecule has 2 rings (SSSR count). The number of aryl methyl sites for hydroxylation is 1. The van der Waals surface area contributed by atoms with Gasteiger partial charge in [0.05, 0.1) is 13.3 Å². The minimum Gasteiger partial charge on any atom is -0.507 e. The molecule has 0 radical (unpaired) electrons. The van der Waals surface area contributed by atoms with Crippen LogP contribution in [0.4, 0.5) is 5.69 Å². The minimum atomic E-state index is -0.455. The smallest absolute Gasteiger partial charge is 0.262 e. The molecule has 0 heterocycles. The number of carbonyl (C=O) groups excluding carboxylic acids is 1. The van der Waals surface area contributed by atoms with Crippen LogP contribution in [-0.2, 0) is 4.79 Å². The molecule has 1 amide bonds. The number of nitrogens with one attached hydrogen (secondary N) is 2. The molecule has 0 saturated carbocycles. The minimum absolute atomic E-state index is 0.0552. The molecule has 6 heteroatoms. The molecule has 2 aromatic rings. The second-order valence-corrected chi connectivity index (χ2v) is 5.39. The summed E-state index contributed by atoms with van der Waals surface area (Å²) in [6, 6.07) is 12.1. The summed E-state index contributed by atoms with van der Waals surface area (Å²) in [5.74, 6) is 0.365. The van der Waals surface area contributed by atoms with E-state index in [0.717, 1.165) is 11.3 Å². The van der Waals surface area contributed by atoms with Gasteiger partial charge in [0.15, 0.2) is 0 Å². The lowest BCUT2D eigenvalue weighted by molar-refractivity contribution is -0.121. The van der Waals surface area contributed by atoms with Crippen LogP contribution in [-0.4, -0.2) is 30.4 Å². The van der Waals surface area contributed by atoms with Gasteiger partial charge in [0.25, 0.3) is 5.91 Å². The first-order valence-corrected chi connectivity index (χ1v) is 7.52. The molecule has 0 bridgehead atoms. The van der Waals surface area contributed by atoms with Crippen molar-refractivity contribution in [2.45, 2.75) is 19.9 Å². The second kappa shape index (κ2) is 8.01. The predicted molar refractivity (Wildman–Crippen MR) is 94.7 cm³/mol. The molecule has 3 N–H and O–H groups in total. The normalized spacial score (nSPS) is 12.0. The van der Waals surface area contributed by atoms with Gasteiger partial charge in [0.1, 0.15) is 17.5 Å². The maximum atomic E-state index is 12.0. The zero-order chi connectivity index (χ0) is 17.5. The molecule has 0 aliphatic carbocycles. The van der Waals surface area contributed by atoms with Gasteiger partial charge in [-0.05, 0) is 44.2 Å². The van der Waals surface area contributed by atoms with Gasteiger partial charge < -0.3 is 15.2 Å². The van der Waals surface area contributed by atoms with Crippen molar-refractivity contribution in [2.24, 2.45) is 5.10 Å². The standard InChI is InChI=1S/C18H21N3O3/c1-12-4-6-15(7-5-12)20-13(2)18(23)21-19-11-14-10-16(24-3)8-9-17(14)22/h4-11,13,20,22H,1-3H3,(H,21,23). The number of benzene rings is 2. The maximum absolute atomic E-state index is 12.0. The highest BCUT2D eigenvalue weighted by Crippen LogP contribution is 2.20. The Balaban J connectivity index is 1.93. The van der Waals surface area contributed by atoms with Crippen LogP contribution in [0.15, 0.2) is 47.6 Å². The number of phenolic OH excluding ortho intramolecular Hbond substituents is 1. The van der Waals surface area contributed by atoms with E-state index in [1.807, 2.05) is 31.2 Å². The van der Waals surface area contributed by atoms with Crippen LogP contribution in [0.1, 0.15) is 18.1 Å². The third-order valence-corrected chi connectivity index (χ3v) is 3.44. The van der Waals surface area contributed by atoms with Gasteiger partial charge >= 0.3 is 0 Å². The van der Waals surface area contributed by atoms with Crippen molar-refractivity contribution >= 4 is 17.8 Å². The number of ether oxygens (including phenoxy) is 1. The monoisotopic (exact) mass is 327 g/mol. The van der Waals surface area contributed by atoms with E-state index in [-0.39, 0.29) is 11.7 Å². The summed E-state index contributed by atoms with van der Waals surface area (Å²) in [5, 5.41) is 16.7. The fourth-order valence-corrected chi connectivity index (χ4v) is 1.99. The van der Waals surface area contributed by atoms with Crippen molar-refractivity contribution in [2.75, 3.05) is 12.4 Å². The van der Waals surface area contributed by atoms with Crippen LogP contribution in [0, 0.1) is 6.92 Å². The number of methoxy groups -OCH3 is 1. The molecule has 1 atom stereocenters. The molecule has 0 fully saturated rings. The van der Waals surface area contributed by atoms with E-state index in [9.17, 15) is 9.90 Å². The Morgan fingerprint density at radius 1 is 1.25 bits per heavy atom. The van der Waals surface area contributed by atoms with Crippen LogP contribution < -0.4 is 15.5 Å². The maximum Gasteiger partial charge on any atom is 0.262 e. The summed E-state index contributed by atoms with van der Waals surface area (Å²) in [4.78, 5) is 12.0. The summed E-state index contributed by atoms with van der Waals surface area (Å²) in [5.41, 5.74) is 4.91. The van der Waals surface area contributed by atoms with Gasteiger partial charge in [-0.25, -0.2) is 5.43 Å². The number of anilines is 1. The van der Waals surface area contributed by atoms with E-state index in [1.54, 1.807) is 19.1 Å². The number of aromatic hydroxyl groups is 1. The summed E-state index contributed by atoms with van der Waals surface area (Å²) in [6.45, 7) is 3.75. The number of phenols is 1. The molecular formula is C18H21N3O3. The van der Waals surface area contributed by atoms with E-state index in [4.69, 9.17) is 4.74 Å². The first-order valence-electron chi connectivity index (χ1n) is 7.52. The third kappa shape index (κ3) is 4.74. The highest BCUT2D eigenvalue weighted by Gasteiger charge is 2.11. The SMILES string of the molecule is COc1ccc(O)c(C=NNC(=O)C(C)Nc2ccc(C)cc2)c1. The Hall–Kier alpha value is -3.02. The number of nitrogens with zero attached hydrogens (tertiary/aromatic N) is 1. The molecule has 24 heavy (non-hydrogen) atoms. The van der Waals surface area contributed by atoms with Crippen LogP contribution in [0.5, 0.6) is 11.5 Å². The Morgan fingerprint density at radius 2 is 1.96 bits per heavy atom. The first-order chi connectivity index (χ1) is 11.5. The molecule has 0 aromatic heterocycles. The van der Waals surface area contributed by atoms with Crippen LogP contribution in [0.25, 0.3) is 0 Å². The molecule has 1 unspecified atom stereocenters. The number of carbonyl (C=O) groups is 1. The summed E-state index contributed by atoms with van der Waals surface area (Å²) >= 11 is 0. The lowest BCUT2D eigenvalue weighted by Gasteiger charge is -2.13. The Morgan fingerprint density at radius 3 is 2.62 bits per heavy atom. The van der Waals surface area contributed by atoms with E-state index in [2.05, 4.69) is 15.8 Å². The Labute approximate surface area is 141 Å². The van der Waals surface area contributed by atoms with Crippen molar-refractivity contribution < 1.29 is 14.6 Å². The predicted octanol–water partition coefficient (Wildman–Crippen LogP) is 2.66. The van der Waals surface area contributed by atoms with Crippen molar-refractivity contribution in [3.05, 3.63) is 53.6 Å². The van der Waals surface area contributed by atoms with Crippen molar-refractivity contribution in [3.63, 3.8) is 0 Å². The number of hydrogen-bond acceptors (Lipinski definition) is 5. The van der Waals surface area contributed by atoms with E-state index in [1.165, 1.54) is 19.4 Å². The summed E-state index contributed by atoms with van der Waals surface area (Å²) < 4.78 is 5.08. The van der Waals surface area contributed by atoms with Gasteiger partial charge in [0, 0.05) is 11.3 Å². The number of hydrazone groups is 1. The highest BCUT2D eigenvalue weighted by molar-refractivity contribution is 5.88. The summed E-state index contributed by atoms with van der Waals surface area (Å²) in [6.07, 6.45) is 1.37. The van der Waals surface area contributed by atoms with Crippen molar-refractivity contribution in [1.29, 1.82) is 0 Å². The topological polar surface area (TPSA) is 83.0 Å². The van der Waals surface area contributed by atoms with Gasteiger partial charge in [-0.15, -0.1) is 0 Å². The lowest BCUT2D eigenvalue weighted by atomic mass is 10.2. The molecule has 2 aromatic carbocycles. The number of amides is 1. The molecule has 0 saturated heterocycles. The highest BCUT2D eigenvalue weighted by atomic mass is 16.5. The molecule has 6 nitrogen and oxygen atoms in total. The summed E-state index contributed by atoms with van der Waals surface area (Å²) in [7, 11) is 1.54. The van der Waals surface area contributed by atoms with E-state index in [0.29, 0.717) is 11.3 Å². The first kappa shape index (κ1) is 17.3. The fourth-order valence-electron chi connectivity index (χ4n) is 1.99. The lowest BCUT2D eigenvalue weighted by Crippen LogP contribution is -2.34. The molecular weight excluding hydrogens is 306 g/mol. The zero-order valence-electron chi connectivity index (χ0n) is 13.9. The van der Waals surface area contributed by atoms with E-state index >= 15 is 0 Å². The quantitative estimate of drug-likeness (QED) is 0.563. The van der Waals surface area contributed by atoms with Gasteiger partial charge in [-0.3, -0.25) is 4.79 Å². The third-order valence-electron chi connectivity index (χ3n) is 3.44. The van der Waals surface area contributed by atoms with Crippen LogP contribution >= 0.6 is 0 Å². The zero-order valence-corrected chi connectivity index (χ0v) is 13.9. The molecule has 0 aliphatic heterocycles. The second-order valence-electron chi connectivity index (χ2n) is 5.39. The van der Waals surface area contributed by atoms with Gasteiger partial charge in [0.2, 0.25) is 0 Å². The molecule has 0 spiro atoms. The number of rotatable bonds is 6.